The van der Waals surface area contributed by atoms with Crippen molar-refractivity contribution >= 4 is 16.5 Å². The van der Waals surface area contributed by atoms with E-state index >= 15 is 0 Å². The molecule has 25 heavy (non-hydrogen) atoms. The number of hydrogen-bond donors (Lipinski definition) is 0. The zero-order valence-electron chi connectivity index (χ0n) is 15.0. The molecule has 1 atom stereocenters. The van der Waals surface area contributed by atoms with Crippen LogP contribution in [0.5, 0.6) is 5.75 Å². The van der Waals surface area contributed by atoms with Crippen molar-refractivity contribution in [3.63, 3.8) is 0 Å². The minimum absolute atomic E-state index is 0.0678. The summed E-state index contributed by atoms with van der Waals surface area (Å²) < 4.78 is 6.82. The van der Waals surface area contributed by atoms with Crippen molar-refractivity contribution in [1.29, 1.82) is 0 Å². The predicted octanol–water partition coefficient (Wildman–Crippen LogP) is 5.29. The molecule has 3 aromatic rings. The molecular formula is C23H23NO. The van der Waals surface area contributed by atoms with Gasteiger partial charge < -0.3 is 9.64 Å². The van der Waals surface area contributed by atoms with E-state index in [-0.39, 0.29) is 11.1 Å². The molecule has 5 rings (SSSR count). The van der Waals surface area contributed by atoms with Crippen LogP contribution in [-0.4, -0.2) is 12.8 Å². The summed E-state index contributed by atoms with van der Waals surface area (Å²) in [5, 5.41) is 2.62. The quantitative estimate of drug-likeness (QED) is 0.556. The van der Waals surface area contributed by atoms with E-state index in [9.17, 15) is 0 Å². The van der Waals surface area contributed by atoms with Crippen LogP contribution < -0.4 is 9.64 Å². The summed E-state index contributed by atoms with van der Waals surface area (Å²) in [5.74, 6) is 1.04. The maximum absolute atomic E-state index is 6.82. The molecule has 0 aromatic heterocycles. The third kappa shape index (κ3) is 1.75. The topological polar surface area (TPSA) is 12.5 Å². The average Bonchev–Trinajstić information content (AvgIpc) is 2.81. The highest BCUT2D eigenvalue weighted by molar-refractivity contribution is 5.88. The maximum Gasteiger partial charge on any atom is 0.192 e. The van der Waals surface area contributed by atoms with Gasteiger partial charge in [0.1, 0.15) is 5.75 Å². The maximum atomic E-state index is 6.82. The SMILES string of the molecule is CN1c2ccccc2C(C)(C)C12CCc1c(ccc3ccccc13)O2. The number of fused-ring (bicyclic) bond motifs is 4. The fraction of sp³-hybridized carbons (Fsp3) is 0.304. The van der Waals surface area contributed by atoms with E-state index in [1.807, 2.05) is 0 Å². The second-order valence-electron chi connectivity index (χ2n) is 7.85. The number of aryl methyl sites for hydroxylation is 1. The zero-order valence-corrected chi connectivity index (χ0v) is 15.0. The molecule has 1 unspecified atom stereocenters. The second kappa shape index (κ2) is 4.78. The molecule has 2 aliphatic rings. The van der Waals surface area contributed by atoms with Gasteiger partial charge in [0.15, 0.2) is 5.72 Å². The molecule has 0 fully saturated rings. The fourth-order valence-corrected chi connectivity index (χ4v) is 4.99. The van der Waals surface area contributed by atoms with E-state index in [0.717, 1.165) is 18.6 Å². The lowest BCUT2D eigenvalue weighted by atomic mass is 9.74. The Hall–Kier alpha value is -2.48. The van der Waals surface area contributed by atoms with Crippen LogP contribution in [0.25, 0.3) is 10.8 Å². The molecule has 3 aromatic carbocycles. The largest absolute Gasteiger partial charge is 0.467 e. The Morgan fingerprint density at radius 2 is 1.68 bits per heavy atom. The van der Waals surface area contributed by atoms with E-state index in [4.69, 9.17) is 4.74 Å². The van der Waals surface area contributed by atoms with Gasteiger partial charge in [-0.2, -0.15) is 0 Å². The predicted molar refractivity (Wildman–Crippen MR) is 103 cm³/mol. The van der Waals surface area contributed by atoms with E-state index < -0.39 is 0 Å². The molecule has 2 nitrogen and oxygen atoms in total. The highest BCUT2D eigenvalue weighted by Gasteiger charge is 2.58. The first-order valence-corrected chi connectivity index (χ1v) is 9.08. The minimum Gasteiger partial charge on any atom is -0.467 e. The molecular weight excluding hydrogens is 306 g/mol. The Morgan fingerprint density at radius 3 is 2.52 bits per heavy atom. The molecule has 0 N–H and O–H groups in total. The van der Waals surface area contributed by atoms with E-state index in [2.05, 4.69) is 86.5 Å². The Bertz CT molecular complexity index is 990. The van der Waals surface area contributed by atoms with Gasteiger partial charge in [-0.1, -0.05) is 48.5 Å². The minimum atomic E-state index is -0.327. The van der Waals surface area contributed by atoms with Crippen LogP contribution in [0.4, 0.5) is 5.69 Å². The zero-order chi connectivity index (χ0) is 17.2. The van der Waals surface area contributed by atoms with Gasteiger partial charge in [-0.25, -0.2) is 0 Å². The number of ether oxygens (including phenoxy) is 1. The van der Waals surface area contributed by atoms with Crippen molar-refractivity contribution < 1.29 is 4.74 Å². The van der Waals surface area contributed by atoms with Crippen molar-refractivity contribution in [3.05, 3.63) is 71.8 Å². The standard InChI is InChI=1S/C23H23NO/c1-22(2)19-10-6-7-11-20(19)24(3)23(22)15-14-18-17-9-5-4-8-16(17)12-13-21(18)25-23/h4-13H,14-15H2,1-3H3. The molecule has 0 radical (unpaired) electrons. The number of rotatable bonds is 0. The lowest BCUT2D eigenvalue weighted by molar-refractivity contribution is -0.00541. The molecule has 2 aliphatic heterocycles. The summed E-state index contributed by atoms with van der Waals surface area (Å²) in [6.07, 6.45) is 2.03. The number of nitrogens with zero attached hydrogens (tertiary/aromatic N) is 1. The summed E-state index contributed by atoms with van der Waals surface area (Å²) in [6, 6.07) is 21.7. The van der Waals surface area contributed by atoms with Gasteiger partial charge in [0.25, 0.3) is 0 Å². The third-order valence-electron chi connectivity index (χ3n) is 6.45. The average molecular weight is 329 g/mol. The van der Waals surface area contributed by atoms with Crippen LogP contribution in [0.3, 0.4) is 0 Å². The lowest BCUT2D eigenvalue weighted by Crippen LogP contribution is -2.60. The van der Waals surface area contributed by atoms with Gasteiger partial charge in [0.05, 0.1) is 5.41 Å². The van der Waals surface area contributed by atoms with E-state index in [1.54, 1.807) is 0 Å². The van der Waals surface area contributed by atoms with Gasteiger partial charge >= 0.3 is 0 Å². The van der Waals surface area contributed by atoms with Gasteiger partial charge in [-0.05, 0) is 48.7 Å². The molecule has 1 spiro atoms. The molecule has 126 valence electrons. The molecule has 0 bridgehead atoms. The van der Waals surface area contributed by atoms with Crippen LogP contribution in [0.15, 0.2) is 60.7 Å². The van der Waals surface area contributed by atoms with Crippen LogP contribution in [-0.2, 0) is 11.8 Å². The van der Waals surface area contributed by atoms with Crippen molar-refractivity contribution in [2.45, 2.75) is 37.8 Å². The van der Waals surface area contributed by atoms with Crippen molar-refractivity contribution in [3.8, 4) is 5.75 Å². The number of likely N-dealkylation sites (N-methyl/N-ethyl adjacent to an activating group) is 1. The Balaban J connectivity index is 1.68. The first kappa shape index (κ1) is 14.8. The van der Waals surface area contributed by atoms with E-state index in [1.165, 1.54) is 27.6 Å². The fourth-order valence-electron chi connectivity index (χ4n) is 4.99. The molecule has 0 saturated carbocycles. The van der Waals surface area contributed by atoms with Gasteiger partial charge in [-0.3, -0.25) is 0 Å². The number of benzene rings is 3. The summed E-state index contributed by atoms with van der Waals surface area (Å²) in [6.45, 7) is 4.64. The summed E-state index contributed by atoms with van der Waals surface area (Å²) in [7, 11) is 2.18. The Labute approximate surface area is 149 Å². The van der Waals surface area contributed by atoms with Crippen molar-refractivity contribution in [1.82, 2.24) is 0 Å². The van der Waals surface area contributed by atoms with Gasteiger partial charge in [0.2, 0.25) is 0 Å². The Kier molecular flexibility index (Phi) is 2.84. The van der Waals surface area contributed by atoms with E-state index in [0.29, 0.717) is 0 Å². The molecule has 0 saturated heterocycles. The normalized spacial score (nSPS) is 23.4. The summed E-state index contributed by atoms with van der Waals surface area (Å²) in [4.78, 5) is 2.36. The lowest BCUT2D eigenvalue weighted by Gasteiger charge is -2.49. The highest BCUT2D eigenvalue weighted by Crippen LogP contribution is 2.55. The summed E-state index contributed by atoms with van der Waals surface area (Å²) >= 11 is 0. The van der Waals surface area contributed by atoms with Crippen LogP contribution in [0.1, 0.15) is 31.4 Å². The van der Waals surface area contributed by atoms with Gasteiger partial charge in [0, 0.05) is 24.7 Å². The molecule has 0 amide bonds. The molecule has 2 heteroatoms. The monoisotopic (exact) mass is 329 g/mol. The number of para-hydroxylation sites is 1. The van der Waals surface area contributed by atoms with Crippen molar-refractivity contribution in [2.75, 3.05) is 11.9 Å². The first-order chi connectivity index (χ1) is 12.0. The van der Waals surface area contributed by atoms with Crippen LogP contribution >= 0.6 is 0 Å². The smallest absolute Gasteiger partial charge is 0.192 e. The summed E-state index contributed by atoms with van der Waals surface area (Å²) in [5.41, 5.74) is 3.62. The Morgan fingerprint density at radius 1 is 0.920 bits per heavy atom. The van der Waals surface area contributed by atoms with Gasteiger partial charge in [-0.15, -0.1) is 0 Å². The second-order valence-corrected chi connectivity index (χ2v) is 7.85. The highest BCUT2D eigenvalue weighted by atomic mass is 16.5. The molecule has 0 aliphatic carbocycles. The third-order valence-corrected chi connectivity index (χ3v) is 6.45. The number of anilines is 1. The molecule has 2 heterocycles. The van der Waals surface area contributed by atoms with Crippen LogP contribution in [0, 0.1) is 0 Å². The van der Waals surface area contributed by atoms with Crippen LogP contribution in [0.2, 0.25) is 0 Å². The first-order valence-electron chi connectivity index (χ1n) is 9.08. The van der Waals surface area contributed by atoms with Crippen molar-refractivity contribution in [2.24, 2.45) is 0 Å². The number of hydrogen-bond acceptors (Lipinski definition) is 2.